The highest BCUT2D eigenvalue weighted by Crippen LogP contribution is 2.33. The number of benzene rings is 1. The summed E-state index contributed by atoms with van der Waals surface area (Å²) in [5, 5.41) is 0. The summed E-state index contributed by atoms with van der Waals surface area (Å²) in [6, 6.07) is 7.85. The second-order valence-corrected chi connectivity index (χ2v) is 4.38. The van der Waals surface area contributed by atoms with Crippen LogP contribution in [0.2, 0.25) is 0 Å². The molecule has 1 aliphatic rings. The Labute approximate surface area is 107 Å². The molecule has 3 nitrogen and oxygen atoms in total. The molecule has 0 spiro atoms. The van der Waals surface area contributed by atoms with Crippen LogP contribution < -0.4 is 4.74 Å². The molecule has 1 aromatic carbocycles. The third-order valence-electron chi connectivity index (χ3n) is 3.34. The monoisotopic (exact) mass is 246 g/mol. The zero-order chi connectivity index (χ0) is 13.0. The third-order valence-corrected chi connectivity index (χ3v) is 3.34. The van der Waals surface area contributed by atoms with Gasteiger partial charge < -0.3 is 9.47 Å². The molecule has 0 saturated heterocycles. The standard InChI is InChI=1S/C15H18O3/c1-17-12-9-7-11(8-10-12)13-5-3-4-6-14(13)15(16)18-2/h7-10H,3-6H2,1-2H3. The summed E-state index contributed by atoms with van der Waals surface area (Å²) < 4.78 is 10.0. The van der Waals surface area contributed by atoms with Gasteiger partial charge in [0.05, 0.1) is 14.2 Å². The Morgan fingerprint density at radius 2 is 1.72 bits per heavy atom. The normalized spacial score (nSPS) is 15.4. The van der Waals surface area contributed by atoms with E-state index in [9.17, 15) is 4.79 Å². The number of carbonyl (C=O) groups excluding carboxylic acids is 1. The molecule has 0 unspecified atom stereocenters. The van der Waals surface area contributed by atoms with Crippen molar-refractivity contribution in [3.05, 3.63) is 35.4 Å². The maximum absolute atomic E-state index is 11.8. The zero-order valence-corrected chi connectivity index (χ0v) is 10.9. The molecule has 0 saturated carbocycles. The summed E-state index contributed by atoms with van der Waals surface area (Å²) in [5.41, 5.74) is 3.04. The van der Waals surface area contributed by atoms with Gasteiger partial charge in [0.1, 0.15) is 5.75 Å². The number of carbonyl (C=O) groups is 1. The van der Waals surface area contributed by atoms with Crippen molar-refractivity contribution >= 4 is 11.5 Å². The first-order chi connectivity index (χ1) is 8.76. The van der Waals surface area contributed by atoms with E-state index in [4.69, 9.17) is 9.47 Å². The van der Waals surface area contributed by atoms with Gasteiger partial charge in [-0.2, -0.15) is 0 Å². The van der Waals surface area contributed by atoms with E-state index in [-0.39, 0.29) is 5.97 Å². The van der Waals surface area contributed by atoms with Crippen molar-refractivity contribution in [3.63, 3.8) is 0 Å². The van der Waals surface area contributed by atoms with E-state index in [1.807, 2.05) is 24.3 Å². The Hall–Kier alpha value is -1.77. The summed E-state index contributed by atoms with van der Waals surface area (Å²) in [7, 11) is 3.09. The van der Waals surface area contributed by atoms with Crippen LogP contribution >= 0.6 is 0 Å². The first-order valence-corrected chi connectivity index (χ1v) is 6.21. The largest absolute Gasteiger partial charge is 0.497 e. The summed E-state index contributed by atoms with van der Waals surface area (Å²) >= 11 is 0. The van der Waals surface area contributed by atoms with Gasteiger partial charge in [0.2, 0.25) is 0 Å². The Bertz CT molecular complexity index is 457. The van der Waals surface area contributed by atoms with E-state index in [0.29, 0.717) is 0 Å². The van der Waals surface area contributed by atoms with Gasteiger partial charge in [-0.1, -0.05) is 12.1 Å². The molecular formula is C15H18O3. The van der Waals surface area contributed by atoms with Crippen LogP contribution in [0.15, 0.2) is 29.8 Å². The van der Waals surface area contributed by atoms with E-state index in [1.54, 1.807) is 7.11 Å². The van der Waals surface area contributed by atoms with Gasteiger partial charge in [-0.3, -0.25) is 0 Å². The average Bonchev–Trinajstić information content (AvgIpc) is 2.46. The third kappa shape index (κ3) is 2.55. The van der Waals surface area contributed by atoms with Crippen molar-refractivity contribution in [3.8, 4) is 5.75 Å². The highest BCUT2D eigenvalue weighted by Gasteiger charge is 2.20. The smallest absolute Gasteiger partial charge is 0.334 e. The van der Waals surface area contributed by atoms with Gasteiger partial charge in [0.25, 0.3) is 0 Å². The molecule has 1 aromatic rings. The minimum Gasteiger partial charge on any atom is -0.497 e. The molecule has 0 aromatic heterocycles. The number of hydrogen-bond acceptors (Lipinski definition) is 3. The number of ether oxygens (including phenoxy) is 2. The van der Waals surface area contributed by atoms with Gasteiger partial charge >= 0.3 is 5.97 Å². The van der Waals surface area contributed by atoms with Crippen LogP contribution in [0.4, 0.5) is 0 Å². The molecule has 0 bridgehead atoms. The van der Waals surface area contributed by atoms with Crippen molar-refractivity contribution < 1.29 is 14.3 Å². The van der Waals surface area contributed by atoms with Crippen LogP contribution in [-0.2, 0) is 9.53 Å². The number of methoxy groups -OCH3 is 2. The Kier molecular flexibility index (Phi) is 4.03. The molecular weight excluding hydrogens is 228 g/mol. The van der Waals surface area contributed by atoms with E-state index >= 15 is 0 Å². The van der Waals surface area contributed by atoms with Crippen LogP contribution in [0.1, 0.15) is 31.2 Å². The summed E-state index contributed by atoms with van der Waals surface area (Å²) in [5.74, 6) is 0.635. The van der Waals surface area contributed by atoms with Gasteiger partial charge in [-0.25, -0.2) is 4.79 Å². The average molecular weight is 246 g/mol. The van der Waals surface area contributed by atoms with Gasteiger partial charge in [-0.05, 0) is 49.0 Å². The van der Waals surface area contributed by atoms with E-state index in [0.717, 1.165) is 48.1 Å². The minimum atomic E-state index is -0.194. The quantitative estimate of drug-likeness (QED) is 0.768. The SMILES string of the molecule is COC(=O)C1=C(c2ccc(OC)cc2)CCCC1. The zero-order valence-electron chi connectivity index (χ0n) is 10.9. The lowest BCUT2D eigenvalue weighted by Gasteiger charge is -2.19. The molecule has 0 amide bonds. The minimum absolute atomic E-state index is 0.194. The topological polar surface area (TPSA) is 35.5 Å². The number of esters is 1. The molecule has 18 heavy (non-hydrogen) atoms. The van der Waals surface area contributed by atoms with Crippen molar-refractivity contribution in [2.24, 2.45) is 0 Å². The lowest BCUT2D eigenvalue weighted by Crippen LogP contribution is -2.11. The molecule has 3 heteroatoms. The highest BCUT2D eigenvalue weighted by atomic mass is 16.5. The predicted octanol–water partition coefficient (Wildman–Crippen LogP) is 3.20. The first kappa shape index (κ1) is 12.7. The Balaban J connectivity index is 2.37. The molecule has 0 aliphatic heterocycles. The number of hydrogen-bond donors (Lipinski definition) is 0. The lowest BCUT2D eigenvalue weighted by atomic mass is 9.87. The van der Waals surface area contributed by atoms with E-state index in [1.165, 1.54) is 7.11 Å². The highest BCUT2D eigenvalue weighted by molar-refractivity contribution is 5.98. The molecule has 1 aliphatic carbocycles. The van der Waals surface area contributed by atoms with Gasteiger partial charge in [-0.15, -0.1) is 0 Å². The maximum atomic E-state index is 11.8. The molecule has 0 fully saturated rings. The number of rotatable bonds is 3. The molecule has 2 rings (SSSR count). The summed E-state index contributed by atoms with van der Waals surface area (Å²) in [6.45, 7) is 0. The van der Waals surface area contributed by atoms with E-state index in [2.05, 4.69) is 0 Å². The van der Waals surface area contributed by atoms with Crippen LogP contribution in [0.25, 0.3) is 5.57 Å². The van der Waals surface area contributed by atoms with Crippen molar-refractivity contribution in [2.75, 3.05) is 14.2 Å². The molecule has 0 N–H and O–H groups in total. The molecule has 96 valence electrons. The fourth-order valence-corrected chi connectivity index (χ4v) is 2.36. The van der Waals surface area contributed by atoms with Crippen molar-refractivity contribution in [1.82, 2.24) is 0 Å². The van der Waals surface area contributed by atoms with Crippen molar-refractivity contribution in [2.45, 2.75) is 25.7 Å². The maximum Gasteiger partial charge on any atom is 0.334 e. The summed E-state index contributed by atoms with van der Waals surface area (Å²) in [6.07, 6.45) is 3.94. The van der Waals surface area contributed by atoms with Crippen LogP contribution in [0.3, 0.4) is 0 Å². The summed E-state index contributed by atoms with van der Waals surface area (Å²) in [4.78, 5) is 11.8. The molecule has 0 radical (unpaired) electrons. The second-order valence-electron chi connectivity index (χ2n) is 4.38. The lowest BCUT2D eigenvalue weighted by molar-refractivity contribution is -0.136. The van der Waals surface area contributed by atoms with Crippen LogP contribution in [0.5, 0.6) is 5.75 Å². The van der Waals surface area contributed by atoms with Gasteiger partial charge in [0.15, 0.2) is 0 Å². The predicted molar refractivity (Wildman–Crippen MR) is 70.4 cm³/mol. The van der Waals surface area contributed by atoms with Crippen molar-refractivity contribution in [1.29, 1.82) is 0 Å². The fraction of sp³-hybridized carbons (Fsp3) is 0.400. The van der Waals surface area contributed by atoms with Gasteiger partial charge in [0, 0.05) is 5.57 Å². The van der Waals surface area contributed by atoms with Crippen LogP contribution in [0, 0.1) is 0 Å². The number of allylic oxidation sites excluding steroid dienone is 1. The Morgan fingerprint density at radius 3 is 2.33 bits per heavy atom. The fourth-order valence-electron chi connectivity index (χ4n) is 2.36. The second kappa shape index (κ2) is 5.71. The van der Waals surface area contributed by atoms with Crippen LogP contribution in [-0.4, -0.2) is 20.2 Å². The Morgan fingerprint density at radius 1 is 1.06 bits per heavy atom. The molecule has 0 atom stereocenters. The molecule has 0 heterocycles. The first-order valence-electron chi connectivity index (χ1n) is 6.21. The van der Waals surface area contributed by atoms with E-state index < -0.39 is 0 Å².